The van der Waals surface area contributed by atoms with Crippen LogP contribution in [0.5, 0.6) is 0 Å². The Kier molecular flexibility index (Phi) is 4.54. The van der Waals surface area contributed by atoms with Crippen molar-refractivity contribution in [2.24, 2.45) is 0 Å². The van der Waals surface area contributed by atoms with Crippen LogP contribution in [0.2, 0.25) is 0 Å². The van der Waals surface area contributed by atoms with Crippen LogP contribution in [0.4, 0.5) is 0 Å². The van der Waals surface area contributed by atoms with Gasteiger partial charge in [-0.15, -0.1) is 0 Å². The summed E-state index contributed by atoms with van der Waals surface area (Å²) >= 11 is 0. The minimum Gasteiger partial charge on any atom is -0.392 e. The van der Waals surface area contributed by atoms with Crippen molar-refractivity contribution in [3.05, 3.63) is 0 Å². The van der Waals surface area contributed by atoms with Crippen LogP contribution in [0.15, 0.2) is 0 Å². The molecule has 0 aromatic rings. The van der Waals surface area contributed by atoms with E-state index in [0.717, 1.165) is 19.4 Å². The van der Waals surface area contributed by atoms with Crippen molar-refractivity contribution in [1.82, 2.24) is 10.2 Å². The van der Waals surface area contributed by atoms with Gasteiger partial charge in [-0.2, -0.15) is 0 Å². The van der Waals surface area contributed by atoms with E-state index in [2.05, 4.69) is 5.32 Å². The molecule has 1 amide bonds. The highest BCUT2D eigenvalue weighted by Crippen LogP contribution is 2.12. The first kappa shape index (κ1) is 12.5. The number of piperidine rings is 1. The lowest BCUT2D eigenvalue weighted by atomic mass is 10.0. The number of amides is 1. The van der Waals surface area contributed by atoms with Crippen molar-refractivity contribution in [1.29, 1.82) is 0 Å². The molecule has 1 rings (SSSR count). The van der Waals surface area contributed by atoms with Gasteiger partial charge in [-0.25, -0.2) is 0 Å². The summed E-state index contributed by atoms with van der Waals surface area (Å²) in [5.74, 6) is 0.135. The molecule has 15 heavy (non-hydrogen) atoms. The zero-order valence-electron chi connectivity index (χ0n) is 9.86. The van der Waals surface area contributed by atoms with Crippen LogP contribution in [-0.4, -0.2) is 47.2 Å². The lowest BCUT2D eigenvalue weighted by Gasteiger charge is -2.34. The van der Waals surface area contributed by atoms with Crippen LogP contribution in [0.3, 0.4) is 0 Å². The third-order valence-electron chi connectivity index (χ3n) is 2.55. The van der Waals surface area contributed by atoms with Gasteiger partial charge < -0.3 is 15.3 Å². The number of hydrogen-bond donors (Lipinski definition) is 2. The first-order chi connectivity index (χ1) is 7.00. The summed E-state index contributed by atoms with van der Waals surface area (Å²) < 4.78 is 0. The fourth-order valence-corrected chi connectivity index (χ4v) is 2.00. The summed E-state index contributed by atoms with van der Waals surface area (Å²) in [4.78, 5) is 13.7. The smallest absolute Gasteiger partial charge is 0.239 e. The quantitative estimate of drug-likeness (QED) is 0.710. The fraction of sp³-hybridized carbons (Fsp3) is 0.909. The minimum atomic E-state index is -0.438. The number of nitrogens with one attached hydrogen (secondary N) is 1. The van der Waals surface area contributed by atoms with E-state index in [1.165, 1.54) is 0 Å². The molecule has 0 aromatic carbocycles. The van der Waals surface area contributed by atoms with E-state index >= 15 is 0 Å². The van der Waals surface area contributed by atoms with Crippen LogP contribution >= 0.6 is 0 Å². The lowest BCUT2D eigenvalue weighted by Crippen LogP contribution is -2.53. The molecule has 1 heterocycles. The third-order valence-corrected chi connectivity index (χ3v) is 2.55. The van der Waals surface area contributed by atoms with Crippen LogP contribution < -0.4 is 5.32 Å². The zero-order valence-corrected chi connectivity index (χ0v) is 9.86. The highest BCUT2D eigenvalue weighted by molar-refractivity contribution is 5.82. The summed E-state index contributed by atoms with van der Waals surface area (Å²) in [6, 6.07) is 0.267. The number of nitrogens with zero attached hydrogens (tertiary/aromatic N) is 1. The molecular weight excluding hydrogens is 192 g/mol. The Bertz CT molecular complexity index is 197. The summed E-state index contributed by atoms with van der Waals surface area (Å²) in [5.41, 5.74) is 0. The standard InChI is InChI=1S/C11H22N2O2/c1-8(2)12-10-5-4-6-13(11(10)15)7-9(3)14/h8-10,12,14H,4-7H2,1-3H3. The molecule has 88 valence electrons. The number of β-amino-alcohol motifs (C(OH)–C–C–N with tert-alkyl or cyclic N) is 1. The second-order valence-corrected chi connectivity index (χ2v) is 4.65. The molecule has 1 aliphatic heterocycles. The van der Waals surface area contributed by atoms with E-state index in [0.29, 0.717) is 12.6 Å². The molecule has 0 spiro atoms. The highest BCUT2D eigenvalue weighted by Gasteiger charge is 2.29. The van der Waals surface area contributed by atoms with Gasteiger partial charge in [0.25, 0.3) is 0 Å². The predicted molar refractivity (Wildman–Crippen MR) is 59.6 cm³/mol. The van der Waals surface area contributed by atoms with Crippen LogP contribution in [0.1, 0.15) is 33.6 Å². The number of likely N-dealkylation sites (tertiary alicyclic amines) is 1. The Morgan fingerprint density at radius 1 is 1.53 bits per heavy atom. The SMILES string of the molecule is CC(O)CN1CCCC(NC(C)C)C1=O. The molecule has 0 bridgehead atoms. The largest absolute Gasteiger partial charge is 0.392 e. The number of hydrogen-bond acceptors (Lipinski definition) is 3. The average Bonchev–Trinajstić information content (AvgIpc) is 2.10. The molecule has 1 fully saturated rings. The molecule has 0 saturated carbocycles. The number of aliphatic hydroxyl groups is 1. The van der Waals surface area contributed by atoms with Gasteiger partial charge in [0.2, 0.25) is 5.91 Å². The van der Waals surface area contributed by atoms with Crippen molar-refractivity contribution < 1.29 is 9.90 Å². The molecule has 2 N–H and O–H groups in total. The van der Waals surface area contributed by atoms with Gasteiger partial charge in [-0.3, -0.25) is 4.79 Å². The molecule has 4 heteroatoms. The molecular formula is C11H22N2O2. The van der Waals surface area contributed by atoms with Gasteiger partial charge in [0.05, 0.1) is 12.1 Å². The Hall–Kier alpha value is -0.610. The summed E-state index contributed by atoms with van der Waals surface area (Å²) in [5, 5.41) is 12.5. The number of aliphatic hydroxyl groups excluding tert-OH is 1. The molecule has 1 aliphatic rings. The monoisotopic (exact) mass is 214 g/mol. The Labute approximate surface area is 91.6 Å². The maximum atomic E-state index is 11.9. The molecule has 0 radical (unpaired) electrons. The fourth-order valence-electron chi connectivity index (χ4n) is 2.00. The van der Waals surface area contributed by atoms with E-state index in [1.807, 2.05) is 13.8 Å². The number of carbonyl (C=O) groups is 1. The maximum absolute atomic E-state index is 11.9. The van der Waals surface area contributed by atoms with Gasteiger partial charge >= 0.3 is 0 Å². The zero-order chi connectivity index (χ0) is 11.4. The van der Waals surface area contributed by atoms with Gasteiger partial charge in [-0.1, -0.05) is 13.8 Å². The highest BCUT2D eigenvalue weighted by atomic mass is 16.3. The third kappa shape index (κ3) is 3.80. The van der Waals surface area contributed by atoms with Crippen molar-refractivity contribution >= 4 is 5.91 Å². The van der Waals surface area contributed by atoms with Crippen molar-refractivity contribution in [2.75, 3.05) is 13.1 Å². The van der Waals surface area contributed by atoms with E-state index < -0.39 is 6.10 Å². The van der Waals surface area contributed by atoms with Crippen molar-refractivity contribution in [2.45, 2.75) is 51.8 Å². The van der Waals surface area contributed by atoms with Gasteiger partial charge in [0, 0.05) is 19.1 Å². The first-order valence-corrected chi connectivity index (χ1v) is 5.73. The van der Waals surface area contributed by atoms with Crippen molar-refractivity contribution in [3.63, 3.8) is 0 Å². The molecule has 2 unspecified atom stereocenters. The van der Waals surface area contributed by atoms with Gasteiger partial charge in [0.15, 0.2) is 0 Å². The van der Waals surface area contributed by atoms with E-state index in [-0.39, 0.29) is 11.9 Å². The molecule has 1 saturated heterocycles. The summed E-state index contributed by atoms with van der Waals surface area (Å²) in [6.07, 6.45) is 1.49. The Morgan fingerprint density at radius 2 is 2.20 bits per heavy atom. The van der Waals surface area contributed by atoms with E-state index in [9.17, 15) is 9.90 Å². The molecule has 0 aliphatic carbocycles. The Balaban J connectivity index is 2.51. The second-order valence-electron chi connectivity index (χ2n) is 4.65. The Morgan fingerprint density at radius 3 is 2.73 bits per heavy atom. The molecule has 2 atom stereocenters. The van der Waals surface area contributed by atoms with E-state index in [4.69, 9.17) is 0 Å². The topological polar surface area (TPSA) is 52.6 Å². The van der Waals surface area contributed by atoms with Crippen LogP contribution in [0.25, 0.3) is 0 Å². The van der Waals surface area contributed by atoms with Crippen LogP contribution in [0, 0.1) is 0 Å². The van der Waals surface area contributed by atoms with E-state index in [1.54, 1.807) is 11.8 Å². The second kappa shape index (κ2) is 5.47. The summed E-state index contributed by atoms with van der Waals surface area (Å²) in [6.45, 7) is 7.03. The van der Waals surface area contributed by atoms with Crippen LogP contribution in [-0.2, 0) is 4.79 Å². The normalized spacial score (nSPS) is 24.7. The predicted octanol–water partition coefficient (Wildman–Crippen LogP) is 0.356. The molecule has 4 nitrogen and oxygen atoms in total. The van der Waals surface area contributed by atoms with Crippen molar-refractivity contribution in [3.8, 4) is 0 Å². The lowest BCUT2D eigenvalue weighted by molar-refractivity contribution is -0.137. The van der Waals surface area contributed by atoms with Gasteiger partial charge in [0.1, 0.15) is 0 Å². The summed E-state index contributed by atoms with van der Waals surface area (Å²) in [7, 11) is 0. The maximum Gasteiger partial charge on any atom is 0.239 e. The molecule has 0 aromatic heterocycles. The minimum absolute atomic E-state index is 0.0579. The number of rotatable bonds is 4. The first-order valence-electron chi connectivity index (χ1n) is 5.73. The average molecular weight is 214 g/mol. The van der Waals surface area contributed by atoms with Gasteiger partial charge in [-0.05, 0) is 19.8 Å². The number of carbonyl (C=O) groups excluding carboxylic acids is 1.